The number of amides is 3. The summed E-state index contributed by atoms with van der Waals surface area (Å²) in [7, 11) is 0. The van der Waals surface area contributed by atoms with Gasteiger partial charge in [0.1, 0.15) is 12.6 Å². The second kappa shape index (κ2) is 8.39. The van der Waals surface area contributed by atoms with Crippen molar-refractivity contribution < 1.29 is 19.5 Å². The van der Waals surface area contributed by atoms with E-state index in [-0.39, 0.29) is 18.4 Å². The van der Waals surface area contributed by atoms with E-state index in [0.29, 0.717) is 13.0 Å². The van der Waals surface area contributed by atoms with Crippen molar-refractivity contribution in [3.63, 3.8) is 0 Å². The maximum Gasteiger partial charge on any atom is 0.326 e. The zero-order chi connectivity index (χ0) is 15.9. The van der Waals surface area contributed by atoms with Crippen LogP contribution in [0.5, 0.6) is 0 Å². The van der Waals surface area contributed by atoms with Crippen molar-refractivity contribution in [2.45, 2.75) is 40.2 Å². The summed E-state index contributed by atoms with van der Waals surface area (Å²) in [5, 5.41) is 11.6. The topological polar surface area (TPSA) is 113 Å². The molecule has 0 saturated heterocycles. The lowest BCUT2D eigenvalue weighted by Crippen LogP contribution is -2.52. The third-order valence-electron chi connectivity index (χ3n) is 2.98. The fourth-order valence-corrected chi connectivity index (χ4v) is 1.76. The van der Waals surface area contributed by atoms with Crippen LogP contribution in [0.25, 0.3) is 0 Å². The van der Waals surface area contributed by atoms with Crippen molar-refractivity contribution in [1.29, 1.82) is 0 Å². The van der Waals surface area contributed by atoms with Crippen LogP contribution in [0.3, 0.4) is 0 Å². The third kappa shape index (κ3) is 6.40. The molecule has 0 bridgehead atoms. The normalized spacial score (nSPS) is 13.7. The molecule has 2 atom stereocenters. The maximum absolute atomic E-state index is 12.1. The van der Waals surface area contributed by atoms with Crippen LogP contribution in [0.1, 0.15) is 34.1 Å². The molecule has 0 aliphatic rings. The molecule has 0 aromatic rings. The number of hydrogen-bond acceptors (Lipinski definition) is 3. The fourth-order valence-electron chi connectivity index (χ4n) is 1.76. The highest BCUT2D eigenvalue weighted by Crippen LogP contribution is 2.09. The highest BCUT2D eigenvalue weighted by Gasteiger charge is 2.28. The van der Waals surface area contributed by atoms with Gasteiger partial charge in [-0.05, 0) is 11.8 Å². The molecular formula is C13H25N3O4. The number of hydrogen-bond donors (Lipinski definition) is 3. The zero-order valence-electron chi connectivity index (χ0n) is 12.5. The van der Waals surface area contributed by atoms with E-state index in [2.05, 4.69) is 5.32 Å². The number of carboxylic acids is 1. The van der Waals surface area contributed by atoms with E-state index >= 15 is 0 Å². The van der Waals surface area contributed by atoms with E-state index in [1.807, 2.05) is 20.8 Å². The molecule has 3 amide bonds. The standard InChI is InChI=1S/C13H25N3O4/c1-5-9(4)11(12(18)19)15-13(20)16(6-8(2)3)7-10(14)17/h8-9,11H,5-7H2,1-4H3,(H2,14,17)(H,15,20)(H,18,19). The molecule has 2 unspecified atom stereocenters. The Labute approximate surface area is 119 Å². The van der Waals surface area contributed by atoms with Gasteiger partial charge in [0.25, 0.3) is 0 Å². The van der Waals surface area contributed by atoms with Gasteiger partial charge < -0.3 is 21.1 Å². The molecule has 0 aromatic heterocycles. The average Bonchev–Trinajstić information content (AvgIpc) is 2.32. The van der Waals surface area contributed by atoms with Crippen molar-refractivity contribution >= 4 is 17.9 Å². The Morgan fingerprint density at radius 2 is 1.80 bits per heavy atom. The Morgan fingerprint density at radius 1 is 1.25 bits per heavy atom. The number of carbonyl (C=O) groups excluding carboxylic acids is 2. The molecule has 0 spiro atoms. The van der Waals surface area contributed by atoms with Gasteiger partial charge in [-0.3, -0.25) is 4.79 Å². The Hall–Kier alpha value is -1.79. The summed E-state index contributed by atoms with van der Waals surface area (Å²) in [5.41, 5.74) is 5.11. The number of aliphatic carboxylic acids is 1. The van der Waals surface area contributed by atoms with Crippen LogP contribution in [-0.4, -0.2) is 47.0 Å². The molecule has 0 heterocycles. The molecule has 4 N–H and O–H groups in total. The monoisotopic (exact) mass is 287 g/mol. The second-order valence-corrected chi connectivity index (χ2v) is 5.39. The SMILES string of the molecule is CCC(C)C(NC(=O)N(CC(N)=O)CC(C)C)C(=O)O. The largest absolute Gasteiger partial charge is 0.480 e. The van der Waals surface area contributed by atoms with E-state index in [9.17, 15) is 14.4 Å². The first-order valence-electron chi connectivity index (χ1n) is 6.75. The third-order valence-corrected chi connectivity index (χ3v) is 2.98. The molecule has 0 fully saturated rings. The first-order valence-corrected chi connectivity index (χ1v) is 6.75. The van der Waals surface area contributed by atoms with Crippen LogP contribution in [0.2, 0.25) is 0 Å². The van der Waals surface area contributed by atoms with Crippen molar-refractivity contribution in [3.8, 4) is 0 Å². The molecule has 0 aliphatic heterocycles. The quantitative estimate of drug-likeness (QED) is 0.608. The summed E-state index contributed by atoms with van der Waals surface area (Å²) in [6.07, 6.45) is 0.622. The van der Waals surface area contributed by atoms with Gasteiger partial charge in [0.05, 0.1) is 0 Å². The van der Waals surface area contributed by atoms with Gasteiger partial charge in [-0.15, -0.1) is 0 Å². The minimum absolute atomic E-state index is 0.145. The number of nitrogens with zero attached hydrogens (tertiary/aromatic N) is 1. The zero-order valence-corrected chi connectivity index (χ0v) is 12.5. The first kappa shape index (κ1) is 18.2. The van der Waals surface area contributed by atoms with Crippen LogP contribution in [0.15, 0.2) is 0 Å². The Kier molecular flexibility index (Phi) is 7.64. The molecule has 0 rings (SSSR count). The number of primary amides is 1. The smallest absolute Gasteiger partial charge is 0.326 e. The van der Waals surface area contributed by atoms with E-state index in [1.54, 1.807) is 6.92 Å². The van der Waals surface area contributed by atoms with Crippen LogP contribution in [0, 0.1) is 11.8 Å². The van der Waals surface area contributed by atoms with Gasteiger partial charge in [0.15, 0.2) is 0 Å². The fraction of sp³-hybridized carbons (Fsp3) is 0.769. The molecule has 116 valence electrons. The summed E-state index contributed by atoms with van der Waals surface area (Å²) < 4.78 is 0. The molecule has 0 saturated carbocycles. The number of nitrogens with two attached hydrogens (primary N) is 1. The van der Waals surface area contributed by atoms with Gasteiger partial charge in [-0.1, -0.05) is 34.1 Å². The van der Waals surface area contributed by atoms with E-state index in [0.717, 1.165) is 0 Å². The van der Waals surface area contributed by atoms with Crippen LogP contribution < -0.4 is 11.1 Å². The average molecular weight is 287 g/mol. The van der Waals surface area contributed by atoms with Gasteiger partial charge in [-0.2, -0.15) is 0 Å². The lowest BCUT2D eigenvalue weighted by molar-refractivity contribution is -0.140. The predicted octanol–water partition coefficient (Wildman–Crippen LogP) is 0.639. The Morgan fingerprint density at radius 3 is 2.15 bits per heavy atom. The second-order valence-electron chi connectivity index (χ2n) is 5.39. The lowest BCUT2D eigenvalue weighted by Gasteiger charge is -2.27. The van der Waals surface area contributed by atoms with E-state index < -0.39 is 23.9 Å². The minimum atomic E-state index is -1.09. The molecule has 0 aromatic carbocycles. The summed E-state index contributed by atoms with van der Waals surface area (Å²) in [6, 6.07) is -1.56. The van der Waals surface area contributed by atoms with E-state index in [1.165, 1.54) is 4.90 Å². The molecule has 7 heteroatoms. The summed E-state index contributed by atoms with van der Waals surface area (Å²) in [6.45, 7) is 7.50. The van der Waals surface area contributed by atoms with E-state index in [4.69, 9.17) is 10.8 Å². The van der Waals surface area contributed by atoms with Gasteiger partial charge in [0.2, 0.25) is 5.91 Å². The van der Waals surface area contributed by atoms with Crippen molar-refractivity contribution in [2.75, 3.05) is 13.1 Å². The minimum Gasteiger partial charge on any atom is -0.480 e. The van der Waals surface area contributed by atoms with Crippen molar-refractivity contribution in [1.82, 2.24) is 10.2 Å². The van der Waals surface area contributed by atoms with Crippen molar-refractivity contribution in [2.24, 2.45) is 17.6 Å². The van der Waals surface area contributed by atoms with Crippen LogP contribution in [0.4, 0.5) is 4.79 Å². The number of carboxylic acid groups (broad SMARTS) is 1. The number of nitrogens with one attached hydrogen (secondary N) is 1. The predicted molar refractivity (Wildman–Crippen MR) is 75.0 cm³/mol. The van der Waals surface area contributed by atoms with Gasteiger partial charge in [-0.25, -0.2) is 9.59 Å². The number of rotatable bonds is 8. The van der Waals surface area contributed by atoms with Crippen LogP contribution >= 0.6 is 0 Å². The lowest BCUT2D eigenvalue weighted by atomic mass is 9.99. The Bertz CT molecular complexity index is 358. The number of urea groups is 1. The van der Waals surface area contributed by atoms with Gasteiger partial charge >= 0.3 is 12.0 Å². The highest BCUT2D eigenvalue weighted by molar-refractivity contribution is 5.86. The first-order chi connectivity index (χ1) is 9.18. The summed E-state index contributed by atoms with van der Waals surface area (Å²) in [5.74, 6) is -1.77. The Balaban J connectivity index is 4.86. The molecule has 20 heavy (non-hydrogen) atoms. The molecule has 0 aliphatic carbocycles. The molecule has 0 radical (unpaired) electrons. The van der Waals surface area contributed by atoms with Crippen LogP contribution in [-0.2, 0) is 9.59 Å². The maximum atomic E-state index is 12.1. The van der Waals surface area contributed by atoms with Crippen molar-refractivity contribution in [3.05, 3.63) is 0 Å². The molecular weight excluding hydrogens is 262 g/mol. The highest BCUT2D eigenvalue weighted by atomic mass is 16.4. The summed E-state index contributed by atoms with van der Waals surface area (Å²) in [4.78, 5) is 35.5. The summed E-state index contributed by atoms with van der Waals surface area (Å²) >= 11 is 0. The number of carbonyl (C=O) groups is 3. The van der Waals surface area contributed by atoms with Gasteiger partial charge in [0, 0.05) is 6.54 Å². The molecule has 7 nitrogen and oxygen atoms in total.